The van der Waals surface area contributed by atoms with Crippen molar-refractivity contribution in [2.45, 2.75) is 13.5 Å². The van der Waals surface area contributed by atoms with Crippen LogP contribution in [0, 0.1) is 6.92 Å². The number of aryl methyl sites for hydroxylation is 1. The van der Waals surface area contributed by atoms with Gasteiger partial charge in [-0.25, -0.2) is 0 Å². The molecular formula is C31H22Cl2N2O. The van der Waals surface area contributed by atoms with Crippen molar-refractivity contribution in [3.05, 3.63) is 118 Å². The molecule has 36 heavy (non-hydrogen) atoms. The Balaban J connectivity index is 1.61. The SMILES string of the molecule is Cc1ccc2cc(Cn3c4cc(-c5c(Cl)cccc5Cl)ccc4c4c(C(N)=O)cccc43)ccc2c1. The molecule has 0 fully saturated rings. The van der Waals surface area contributed by atoms with Crippen molar-refractivity contribution in [3.8, 4) is 11.1 Å². The van der Waals surface area contributed by atoms with Crippen molar-refractivity contribution in [2.24, 2.45) is 5.73 Å². The Morgan fingerprint density at radius 1 is 0.806 bits per heavy atom. The van der Waals surface area contributed by atoms with Crippen molar-refractivity contribution in [1.82, 2.24) is 4.57 Å². The van der Waals surface area contributed by atoms with E-state index in [9.17, 15) is 4.79 Å². The fourth-order valence-corrected chi connectivity index (χ4v) is 5.76. The summed E-state index contributed by atoms with van der Waals surface area (Å²) in [6.07, 6.45) is 0. The lowest BCUT2D eigenvalue weighted by atomic mass is 10.0. The predicted octanol–water partition coefficient (Wildman–Crippen LogP) is 8.38. The van der Waals surface area contributed by atoms with E-state index in [0.29, 0.717) is 22.2 Å². The van der Waals surface area contributed by atoms with Gasteiger partial charge in [-0.05, 0) is 65.2 Å². The standard InChI is InChI=1S/C31H22Cl2N2O/c1-18-8-10-21-15-19(9-11-20(21)14-18)17-35-27-7-2-4-24(31(34)36)30(27)23-13-12-22(16-28(23)35)29-25(32)5-3-6-26(29)33/h2-16H,17H2,1H3,(H2,34,36). The van der Waals surface area contributed by atoms with Gasteiger partial charge in [-0.3, -0.25) is 4.79 Å². The molecule has 0 saturated carbocycles. The maximum Gasteiger partial charge on any atom is 0.249 e. The average molecular weight is 509 g/mol. The maximum atomic E-state index is 12.4. The van der Waals surface area contributed by atoms with E-state index in [0.717, 1.165) is 38.5 Å². The fourth-order valence-electron chi connectivity index (χ4n) is 5.14. The summed E-state index contributed by atoms with van der Waals surface area (Å²) in [7, 11) is 0. The first-order valence-electron chi connectivity index (χ1n) is 11.7. The summed E-state index contributed by atoms with van der Waals surface area (Å²) in [5.41, 5.74) is 12.3. The van der Waals surface area contributed by atoms with Crippen LogP contribution in [0.5, 0.6) is 0 Å². The van der Waals surface area contributed by atoms with Crippen LogP contribution in [0.4, 0.5) is 0 Å². The van der Waals surface area contributed by atoms with Gasteiger partial charge in [0.15, 0.2) is 0 Å². The number of benzene rings is 5. The average Bonchev–Trinajstić information content (AvgIpc) is 3.17. The quantitative estimate of drug-likeness (QED) is 0.255. The van der Waals surface area contributed by atoms with Gasteiger partial charge in [0.05, 0.1) is 11.0 Å². The Kier molecular flexibility index (Phi) is 5.48. The van der Waals surface area contributed by atoms with Crippen molar-refractivity contribution in [1.29, 1.82) is 0 Å². The summed E-state index contributed by atoms with van der Waals surface area (Å²) in [4.78, 5) is 12.4. The number of aromatic nitrogens is 1. The lowest BCUT2D eigenvalue weighted by molar-refractivity contribution is 0.100. The smallest absolute Gasteiger partial charge is 0.249 e. The predicted molar refractivity (Wildman–Crippen MR) is 151 cm³/mol. The second-order valence-corrected chi connectivity index (χ2v) is 9.98. The molecular weight excluding hydrogens is 487 g/mol. The topological polar surface area (TPSA) is 48.0 Å². The van der Waals surface area contributed by atoms with Crippen molar-refractivity contribution in [2.75, 3.05) is 0 Å². The van der Waals surface area contributed by atoms with Gasteiger partial charge < -0.3 is 10.3 Å². The normalized spacial score (nSPS) is 11.5. The summed E-state index contributed by atoms with van der Waals surface area (Å²) in [5, 5.41) is 5.41. The van der Waals surface area contributed by atoms with E-state index in [1.807, 2.05) is 42.5 Å². The van der Waals surface area contributed by atoms with Gasteiger partial charge in [-0.1, -0.05) is 83.4 Å². The number of rotatable bonds is 4. The van der Waals surface area contributed by atoms with E-state index in [-0.39, 0.29) is 0 Å². The van der Waals surface area contributed by atoms with Gasteiger partial charge in [-0.15, -0.1) is 0 Å². The van der Waals surface area contributed by atoms with Crippen LogP contribution in [0.25, 0.3) is 43.7 Å². The summed E-state index contributed by atoms with van der Waals surface area (Å²) in [6, 6.07) is 30.4. The second kappa shape index (κ2) is 8.70. The van der Waals surface area contributed by atoms with Gasteiger partial charge >= 0.3 is 0 Å². The van der Waals surface area contributed by atoms with E-state index in [1.165, 1.54) is 16.3 Å². The first kappa shape index (κ1) is 22.7. The fraction of sp³-hybridized carbons (Fsp3) is 0.0645. The summed E-state index contributed by atoms with van der Waals surface area (Å²) in [5.74, 6) is -0.445. The molecule has 5 heteroatoms. The Labute approximate surface area is 218 Å². The largest absolute Gasteiger partial charge is 0.366 e. The monoisotopic (exact) mass is 508 g/mol. The number of primary amides is 1. The van der Waals surface area contributed by atoms with Gasteiger partial charge in [0, 0.05) is 38.5 Å². The molecule has 0 aliphatic carbocycles. The van der Waals surface area contributed by atoms with Crippen LogP contribution in [-0.4, -0.2) is 10.5 Å². The highest BCUT2D eigenvalue weighted by Crippen LogP contribution is 2.39. The Hall–Kier alpha value is -3.79. The zero-order valence-electron chi connectivity index (χ0n) is 19.6. The number of carbonyl (C=O) groups excluding carboxylic acids is 1. The number of carbonyl (C=O) groups is 1. The second-order valence-electron chi connectivity index (χ2n) is 9.16. The minimum Gasteiger partial charge on any atom is -0.366 e. The number of hydrogen-bond donors (Lipinski definition) is 1. The molecule has 0 unspecified atom stereocenters. The van der Waals surface area contributed by atoms with Crippen LogP contribution in [0.1, 0.15) is 21.5 Å². The van der Waals surface area contributed by atoms with Crippen LogP contribution in [0.2, 0.25) is 10.0 Å². The molecule has 0 atom stereocenters. The Morgan fingerprint density at radius 2 is 1.53 bits per heavy atom. The molecule has 0 aliphatic rings. The molecule has 1 heterocycles. The first-order valence-corrected chi connectivity index (χ1v) is 12.4. The number of fused-ring (bicyclic) bond motifs is 4. The van der Waals surface area contributed by atoms with Crippen molar-refractivity contribution >= 4 is 61.7 Å². The van der Waals surface area contributed by atoms with Crippen LogP contribution < -0.4 is 5.73 Å². The highest BCUT2D eigenvalue weighted by atomic mass is 35.5. The molecule has 176 valence electrons. The van der Waals surface area contributed by atoms with E-state index >= 15 is 0 Å². The molecule has 5 aromatic carbocycles. The Morgan fingerprint density at radius 3 is 2.31 bits per heavy atom. The van der Waals surface area contributed by atoms with Crippen LogP contribution >= 0.6 is 23.2 Å². The summed E-state index contributed by atoms with van der Waals surface area (Å²) < 4.78 is 2.24. The number of amides is 1. The molecule has 0 aliphatic heterocycles. The molecule has 6 aromatic rings. The molecule has 0 spiro atoms. The third-order valence-corrected chi connectivity index (χ3v) is 7.44. The third kappa shape index (κ3) is 3.72. The van der Waals surface area contributed by atoms with E-state index < -0.39 is 5.91 Å². The van der Waals surface area contributed by atoms with E-state index in [2.05, 4.69) is 54.0 Å². The van der Waals surface area contributed by atoms with E-state index in [4.69, 9.17) is 28.9 Å². The molecule has 1 amide bonds. The minimum atomic E-state index is -0.445. The van der Waals surface area contributed by atoms with Crippen LogP contribution in [0.15, 0.2) is 91.0 Å². The molecule has 3 nitrogen and oxygen atoms in total. The number of nitrogens with two attached hydrogens (primary N) is 1. The van der Waals surface area contributed by atoms with Crippen LogP contribution in [0.3, 0.4) is 0 Å². The number of hydrogen-bond acceptors (Lipinski definition) is 1. The molecule has 0 bridgehead atoms. The van der Waals surface area contributed by atoms with Gasteiger partial charge in [-0.2, -0.15) is 0 Å². The van der Waals surface area contributed by atoms with E-state index in [1.54, 1.807) is 6.07 Å². The number of nitrogens with zero attached hydrogens (tertiary/aromatic N) is 1. The zero-order chi connectivity index (χ0) is 25.0. The van der Waals surface area contributed by atoms with Crippen molar-refractivity contribution in [3.63, 3.8) is 0 Å². The molecule has 0 radical (unpaired) electrons. The van der Waals surface area contributed by atoms with Gasteiger partial charge in [0.2, 0.25) is 5.91 Å². The first-order chi connectivity index (χ1) is 17.4. The highest BCUT2D eigenvalue weighted by Gasteiger charge is 2.18. The third-order valence-electron chi connectivity index (χ3n) is 6.81. The molecule has 0 saturated heterocycles. The Bertz CT molecular complexity index is 1810. The molecule has 2 N–H and O–H groups in total. The lowest BCUT2D eigenvalue weighted by Crippen LogP contribution is -2.11. The van der Waals surface area contributed by atoms with Gasteiger partial charge in [0.25, 0.3) is 0 Å². The molecule has 1 aromatic heterocycles. The minimum absolute atomic E-state index is 0.445. The summed E-state index contributed by atoms with van der Waals surface area (Å²) in [6.45, 7) is 2.73. The van der Waals surface area contributed by atoms with Crippen molar-refractivity contribution < 1.29 is 4.79 Å². The maximum absolute atomic E-state index is 12.4. The summed E-state index contributed by atoms with van der Waals surface area (Å²) >= 11 is 13.1. The highest BCUT2D eigenvalue weighted by molar-refractivity contribution is 6.39. The number of halogens is 2. The van der Waals surface area contributed by atoms with Gasteiger partial charge in [0.1, 0.15) is 0 Å². The zero-order valence-corrected chi connectivity index (χ0v) is 21.1. The molecule has 6 rings (SSSR count). The lowest BCUT2D eigenvalue weighted by Gasteiger charge is -2.11. The van der Waals surface area contributed by atoms with Crippen LogP contribution in [-0.2, 0) is 6.54 Å².